The summed E-state index contributed by atoms with van der Waals surface area (Å²) in [6, 6.07) is 15.2. The minimum Gasteiger partial charge on any atom is -0.508 e. The summed E-state index contributed by atoms with van der Waals surface area (Å²) in [6.07, 6.45) is 8.22. The summed E-state index contributed by atoms with van der Waals surface area (Å²) < 4.78 is 0. The van der Waals surface area contributed by atoms with Crippen LogP contribution in [-0.4, -0.2) is 10.2 Å². The summed E-state index contributed by atoms with van der Waals surface area (Å²) in [6.45, 7) is 4.69. The van der Waals surface area contributed by atoms with Gasteiger partial charge in [-0.3, -0.25) is 0 Å². The molecule has 0 heterocycles. The first-order valence-electron chi connectivity index (χ1n) is 9.06. The quantitative estimate of drug-likeness (QED) is 0.567. The monoisotopic (exact) mass is 326 g/mol. The van der Waals surface area contributed by atoms with Gasteiger partial charge in [0.2, 0.25) is 0 Å². The molecular formula is C22H30O2. The third-order valence-corrected chi connectivity index (χ3v) is 5.24. The van der Waals surface area contributed by atoms with E-state index in [-0.39, 0.29) is 0 Å². The maximum Gasteiger partial charge on any atom is 0.115 e. The van der Waals surface area contributed by atoms with Crippen molar-refractivity contribution < 1.29 is 10.2 Å². The van der Waals surface area contributed by atoms with Crippen LogP contribution in [0, 0.1) is 5.41 Å². The molecule has 0 spiro atoms. The second kappa shape index (κ2) is 8.77. The van der Waals surface area contributed by atoms with Crippen LogP contribution < -0.4 is 0 Å². The van der Waals surface area contributed by atoms with E-state index in [4.69, 9.17) is 0 Å². The van der Waals surface area contributed by atoms with Crippen LogP contribution in [0.1, 0.15) is 57.1 Å². The Kier molecular flexibility index (Phi) is 6.72. The van der Waals surface area contributed by atoms with Crippen molar-refractivity contribution in [1.82, 2.24) is 0 Å². The number of unbranched alkanes of at least 4 members (excludes halogenated alkanes) is 1. The highest BCUT2D eigenvalue weighted by atomic mass is 16.3. The second-order valence-corrected chi connectivity index (χ2v) is 7.20. The van der Waals surface area contributed by atoms with E-state index in [2.05, 4.69) is 13.8 Å². The predicted octanol–water partition coefficient (Wildman–Crippen LogP) is 5.86. The van der Waals surface area contributed by atoms with Crippen molar-refractivity contribution in [3.05, 3.63) is 59.7 Å². The highest BCUT2D eigenvalue weighted by Gasteiger charge is 2.21. The number of hydrogen-bond acceptors (Lipinski definition) is 2. The Balaban J connectivity index is 1.75. The van der Waals surface area contributed by atoms with Crippen LogP contribution in [0.4, 0.5) is 0 Å². The molecule has 0 unspecified atom stereocenters. The van der Waals surface area contributed by atoms with Crippen LogP contribution in [-0.2, 0) is 12.8 Å². The van der Waals surface area contributed by atoms with Crippen LogP contribution in [0.2, 0.25) is 0 Å². The molecular weight excluding hydrogens is 296 g/mol. The first-order valence-corrected chi connectivity index (χ1v) is 9.06. The Morgan fingerprint density at radius 1 is 0.708 bits per heavy atom. The molecule has 24 heavy (non-hydrogen) atoms. The van der Waals surface area contributed by atoms with Crippen molar-refractivity contribution in [1.29, 1.82) is 0 Å². The smallest absolute Gasteiger partial charge is 0.115 e. The number of aryl methyl sites for hydroxylation is 2. The van der Waals surface area contributed by atoms with E-state index in [0.29, 0.717) is 16.9 Å². The standard InChI is InChI=1S/C22H30O2/c1-3-22(2,17-15-19-9-13-21(24)14-10-19)16-5-4-6-18-7-11-20(23)12-8-18/h7-14,23-24H,3-6,15-17H2,1-2H3/t22-/m0/s1. The maximum absolute atomic E-state index is 9.37. The molecule has 2 heteroatoms. The molecule has 1 atom stereocenters. The highest BCUT2D eigenvalue weighted by Crippen LogP contribution is 2.34. The number of benzene rings is 2. The van der Waals surface area contributed by atoms with Gasteiger partial charge in [0.25, 0.3) is 0 Å². The van der Waals surface area contributed by atoms with E-state index in [1.165, 1.54) is 43.2 Å². The van der Waals surface area contributed by atoms with Crippen LogP contribution >= 0.6 is 0 Å². The highest BCUT2D eigenvalue weighted by molar-refractivity contribution is 5.26. The van der Waals surface area contributed by atoms with Gasteiger partial charge in [0, 0.05) is 0 Å². The number of phenols is 2. The third kappa shape index (κ3) is 5.92. The summed E-state index contributed by atoms with van der Waals surface area (Å²) in [5, 5.41) is 18.7. The molecule has 0 aromatic heterocycles. The van der Waals surface area contributed by atoms with E-state index in [1.807, 2.05) is 24.3 Å². The molecule has 130 valence electrons. The van der Waals surface area contributed by atoms with Crippen molar-refractivity contribution >= 4 is 0 Å². The van der Waals surface area contributed by atoms with Crippen molar-refractivity contribution in [2.45, 2.75) is 58.8 Å². The summed E-state index contributed by atoms with van der Waals surface area (Å²) in [5.41, 5.74) is 2.99. The van der Waals surface area contributed by atoms with E-state index in [9.17, 15) is 10.2 Å². The predicted molar refractivity (Wildman–Crippen MR) is 100 cm³/mol. The fraction of sp³-hybridized carbons (Fsp3) is 0.455. The molecule has 2 N–H and O–H groups in total. The lowest BCUT2D eigenvalue weighted by Gasteiger charge is -2.28. The van der Waals surface area contributed by atoms with Crippen molar-refractivity contribution in [3.8, 4) is 11.5 Å². The molecule has 0 fully saturated rings. The SMILES string of the molecule is CC[C@@](C)(CCCCc1ccc(O)cc1)CCc1ccc(O)cc1. The molecule has 2 nitrogen and oxygen atoms in total. The lowest BCUT2D eigenvalue weighted by atomic mass is 9.77. The zero-order chi connectivity index (χ0) is 17.4. The van der Waals surface area contributed by atoms with E-state index >= 15 is 0 Å². The summed E-state index contributed by atoms with van der Waals surface area (Å²) in [5.74, 6) is 0.678. The molecule has 0 bridgehead atoms. The topological polar surface area (TPSA) is 40.5 Å². The van der Waals surface area contributed by atoms with Gasteiger partial charge in [-0.15, -0.1) is 0 Å². The van der Waals surface area contributed by atoms with Gasteiger partial charge in [-0.2, -0.15) is 0 Å². The van der Waals surface area contributed by atoms with Crippen LogP contribution in [0.15, 0.2) is 48.5 Å². The molecule has 0 saturated heterocycles. The van der Waals surface area contributed by atoms with Gasteiger partial charge in [0.1, 0.15) is 11.5 Å². The number of rotatable bonds is 9. The first-order chi connectivity index (χ1) is 11.5. The zero-order valence-electron chi connectivity index (χ0n) is 15.0. The minimum atomic E-state index is 0.339. The number of phenolic OH excluding ortho intramolecular Hbond substituents is 2. The van der Waals surface area contributed by atoms with Crippen LogP contribution in [0.25, 0.3) is 0 Å². The summed E-state index contributed by atoms with van der Waals surface area (Å²) in [4.78, 5) is 0. The Morgan fingerprint density at radius 2 is 1.21 bits per heavy atom. The van der Waals surface area contributed by atoms with Crippen LogP contribution in [0.5, 0.6) is 11.5 Å². The van der Waals surface area contributed by atoms with Crippen molar-refractivity contribution in [3.63, 3.8) is 0 Å². The lowest BCUT2D eigenvalue weighted by Crippen LogP contribution is -2.16. The Morgan fingerprint density at radius 3 is 1.71 bits per heavy atom. The molecule has 0 aliphatic heterocycles. The Labute approximate surface area is 146 Å². The summed E-state index contributed by atoms with van der Waals surface area (Å²) in [7, 11) is 0. The minimum absolute atomic E-state index is 0.339. The third-order valence-electron chi connectivity index (χ3n) is 5.24. The van der Waals surface area contributed by atoms with E-state index in [0.717, 1.165) is 12.8 Å². The molecule has 2 aromatic rings. The molecule has 0 aliphatic carbocycles. The summed E-state index contributed by atoms with van der Waals surface area (Å²) >= 11 is 0. The fourth-order valence-electron chi connectivity index (χ4n) is 3.13. The van der Waals surface area contributed by atoms with Gasteiger partial charge < -0.3 is 10.2 Å². The largest absolute Gasteiger partial charge is 0.508 e. The molecule has 2 aromatic carbocycles. The molecule has 0 amide bonds. The molecule has 0 radical (unpaired) electrons. The second-order valence-electron chi connectivity index (χ2n) is 7.20. The van der Waals surface area contributed by atoms with Gasteiger partial charge in [0.05, 0.1) is 0 Å². The van der Waals surface area contributed by atoms with Crippen LogP contribution in [0.3, 0.4) is 0 Å². The van der Waals surface area contributed by atoms with Gasteiger partial charge in [-0.1, -0.05) is 51.0 Å². The first kappa shape index (κ1) is 18.4. The average Bonchev–Trinajstić information content (AvgIpc) is 2.60. The lowest BCUT2D eigenvalue weighted by molar-refractivity contribution is 0.252. The zero-order valence-corrected chi connectivity index (χ0v) is 15.0. The van der Waals surface area contributed by atoms with Gasteiger partial charge in [-0.25, -0.2) is 0 Å². The Hall–Kier alpha value is -1.96. The van der Waals surface area contributed by atoms with Gasteiger partial charge >= 0.3 is 0 Å². The molecule has 0 saturated carbocycles. The normalized spacial score (nSPS) is 13.6. The van der Waals surface area contributed by atoms with Gasteiger partial charge in [-0.05, 0) is 72.9 Å². The van der Waals surface area contributed by atoms with Crippen molar-refractivity contribution in [2.24, 2.45) is 5.41 Å². The average molecular weight is 326 g/mol. The van der Waals surface area contributed by atoms with Crippen molar-refractivity contribution in [2.75, 3.05) is 0 Å². The number of aromatic hydroxyl groups is 2. The maximum atomic E-state index is 9.37. The molecule has 2 rings (SSSR count). The fourth-order valence-corrected chi connectivity index (χ4v) is 3.13. The Bertz CT molecular complexity index is 601. The van der Waals surface area contributed by atoms with Gasteiger partial charge in [0.15, 0.2) is 0 Å². The number of hydrogen-bond donors (Lipinski definition) is 2. The van der Waals surface area contributed by atoms with E-state index < -0.39 is 0 Å². The van der Waals surface area contributed by atoms with E-state index in [1.54, 1.807) is 24.3 Å². The molecule has 0 aliphatic rings.